The molecule has 2 N–H and O–H groups in total. The maximum absolute atomic E-state index is 12.8. The average Bonchev–Trinajstić information content (AvgIpc) is 2.70. The number of aromatic nitrogens is 3. The lowest BCUT2D eigenvalue weighted by molar-refractivity contribution is -0.215. The van der Waals surface area contributed by atoms with Crippen LogP contribution in [0.2, 0.25) is 0 Å². The summed E-state index contributed by atoms with van der Waals surface area (Å²) in [6.07, 6.45) is -1.38. The molecule has 0 aliphatic carbocycles. The van der Waals surface area contributed by atoms with Crippen LogP contribution in [0.25, 0.3) is 5.65 Å². The van der Waals surface area contributed by atoms with Gasteiger partial charge in [0.25, 0.3) is 0 Å². The molecular formula is C12H15F3N4. The minimum Gasteiger partial charge on any atom is -0.323 e. The Morgan fingerprint density at radius 2 is 2.05 bits per heavy atom. The highest BCUT2D eigenvalue weighted by Crippen LogP contribution is 2.42. The van der Waals surface area contributed by atoms with Gasteiger partial charge in [-0.2, -0.15) is 18.3 Å². The van der Waals surface area contributed by atoms with E-state index in [2.05, 4.69) is 10.1 Å². The fourth-order valence-electron chi connectivity index (χ4n) is 1.80. The highest BCUT2D eigenvalue weighted by Gasteiger charge is 2.48. The van der Waals surface area contributed by atoms with Crippen LogP contribution in [-0.2, 0) is 0 Å². The predicted octanol–water partition coefficient (Wildman–Crippen LogP) is 2.71. The van der Waals surface area contributed by atoms with Crippen molar-refractivity contribution >= 4 is 5.65 Å². The molecule has 104 valence electrons. The van der Waals surface area contributed by atoms with Gasteiger partial charge in [-0.25, -0.2) is 9.50 Å². The maximum atomic E-state index is 12.8. The fraction of sp³-hybridized carbons (Fsp3) is 0.500. The lowest BCUT2D eigenvalue weighted by Crippen LogP contribution is -2.35. The Labute approximate surface area is 108 Å². The van der Waals surface area contributed by atoms with Gasteiger partial charge in [0.2, 0.25) is 0 Å². The van der Waals surface area contributed by atoms with Gasteiger partial charge in [-0.05, 0) is 18.6 Å². The predicted molar refractivity (Wildman–Crippen MR) is 64.4 cm³/mol. The molecule has 0 amide bonds. The molecule has 0 bridgehead atoms. The van der Waals surface area contributed by atoms with Crippen LogP contribution in [-0.4, -0.2) is 20.8 Å². The van der Waals surface area contributed by atoms with Crippen molar-refractivity contribution in [2.24, 2.45) is 11.1 Å². The maximum Gasteiger partial charge on any atom is 0.394 e. The summed E-state index contributed by atoms with van der Waals surface area (Å²) in [5.74, 6) is 0. The highest BCUT2D eigenvalue weighted by atomic mass is 19.4. The minimum absolute atomic E-state index is 0.222. The van der Waals surface area contributed by atoms with Gasteiger partial charge in [0.1, 0.15) is 0 Å². The topological polar surface area (TPSA) is 56.2 Å². The van der Waals surface area contributed by atoms with Crippen molar-refractivity contribution in [2.45, 2.75) is 32.5 Å². The van der Waals surface area contributed by atoms with Gasteiger partial charge in [0, 0.05) is 12.2 Å². The summed E-state index contributed by atoms with van der Waals surface area (Å²) in [5, 5.41) is 4.01. The number of nitrogens with two attached hydrogens (primary N) is 1. The Kier molecular flexibility index (Phi) is 3.25. The van der Waals surface area contributed by atoms with Gasteiger partial charge in [-0.1, -0.05) is 13.8 Å². The first kappa shape index (κ1) is 13.8. The van der Waals surface area contributed by atoms with E-state index in [4.69, 9.17) is 5.73 Å². The molecule has 0 aromatic carbocycles. The van der Waals surface area contributed by atoms with E-state index in [-0.39, 0.29) is 6.42 Å². The lowest BCUT2D eigenvalue weighted by atomic mass is 9.84. The molecule has 0 radical (unpaired) electrons. The van der Waals surface area contributed by atoms with Crippen molar-refractivity contribution in [3.8, 4) is 0 Å². The standard InChI is InChI=1S/C12H15F3N4/c1-11(2,12(13,14)15)6-8(16)9-7-19-10(18-9)4-3-5-17-19/h3-5,7-8H,6,16H2,1-2H3/t8-/m0/s1. The van der Waals surface area contributed by atoms with Crippen molar-refractivity contribution < 1.29 is 13.2 Å². The molecule has 0 fully saturated rings. The van der Waals surface area contributed by atoms with Crippen molar-refractivity contribution in [3.63, 3.8) is 0 Å². The van der Waals surface area contributed by atoms with E-state index in [0.717, 1.165) is 13.8 Å². The Morgan fingerprint density at radius 1 is 1.37 bits per heavy atom. The lowest BCUT2D eigenvalue weighted by Gasteiger charge is -2.29. The summed E-state index contributed by atoms with van der Waals surface area (Å²) in [5.41, 5.74) is 4.97. The first-order valence-electron chi connectivity index (χ1n) is 5.83. The van der Waals surface area contributed by atoms with E-state index < -0.39 is 17.6 Å². The number of alkyl halides is 3. The van der Waals surface area contributed by atoms with E-state index in [1.807, 2.05) is 0 Å². The summed E-state index contributed by atoms with van der Waals surface area (Å²) >= 11 is 0. The number of imidazole rings is 1. The summed E-state index contributed by atoms with van der Waals surface area (Å²) in [7, 11) is 0. The number of halogens is 3. The number of rotatable bonds is 3. The second-order valence-corrected chi connectivity index (χ2v) is 5.18. The third kappa shape index (κ3) is 2.70. The van der Waals surface area contributed by atoms with Gasteiger partial charge < -0.3 is 5.73 Å². The van der Waals surface area contributed by atoms with E-state index in [0.29, 0.717) is 11.3 Å². The fourth-order valence-corrected chi connectivity index (χ4v) is 1.80. The third-order valence-corrected chi connectivity index (χ3v) is 3.13. The number of hydrogen-bond donors (Lipinski definition) is 1. The Bertz CT molecular complexity index is 541. The monoisotopic (exact) mass is 272 g/mol. The molecule has 0 saturated carbocycles. The van der Waals surface area contributed by atoms with E-state index in [1.54, 1.807) is 24.5 Å². The molecule has 2 heterocycles. The summed E-state index contributed by atoms with van der Waals surface area (Å²) in [6.45, 7) is 2.28. The first-order valence-corrected chi connectivity index (χ1v) is 5.83. The molecule has 2 aromatic rings. The van der Waals surface area contributed by atoms with Gasteiger partial charge in [0.05, 0.1) is 17.3 Å². The van der Waals surface area contributed by atoms with E-state index >= 15 is 0 Å². The second-order valence-electron chi connectivity index (χ2n) is 5.18. The van der Waals surface area contributed by atoms with Crippen LogP contribution in [0, 0.1) is 5.41 Å². The average molecular weight is 272 g/mol. The molecule has 0 unspecified atom stereocenters. The third-order valence-electron chi connectivity index (χ3n) is 3.13. The van der Waals surface area contributed by atoms with Crippen LogP contribution in [0.5, 0.6) is 0 Å². The molecule has 19 heavy (non-hydrogen) atoms. The minimum atomic E-state index is -4.29. The largest absolute Gasteiger partial charge is 0.394 e. The number of nitrogens with zero attached hydrogens (tertiary/aromatic N) is 3. The van der Waals surface area contributed by atoms with Gasteiger partial charge in [-0.3, -0.25) is 0 Å². The SMILES string of the molecule is CC(C)(C[C@H](N)c1cn2ncccc2n1)C(F)(F)F. The zero-order chi connectivity index (χ0) is 14.3. The van der Waals surface area contributed by atoms with Gasteiger partial charge >= 0.3 is 6.18 Å². The summed E-state index contributed by atoms with van der Waals surface area (Å²) in [6, 6.07) is 2.65. The molecule has 0 spiro atoms. The van der Waals surface area contributed by atoms with Crippen molar-refractivity contribution in [1.29, 1.82) is 0 Å². The molecule has 7 heteroatoms. The highest BCUT2D eigenvalue weighted by molar-refractivity contribution is 5.37. The molecule has 2 rings (SSSR count). The van der Waals surface area contributed by atoms with E-state index in [9.17, 15) is 13.2 Å². The number of fused-ring (bicyclic) bond motifs is 1. The summed E-state index contributed by atoms with van der Waals surface area (Å²) < 4.78 is 40.0. The van der Waals surface area contributed by atoms with Crippen molar-refractivity contribution in [2.75, 3.05) is 0 Å². The zero-order valence-corrected chi connectivity index (χ0v) is 10.6. The quantitative estimate of drug-likeness (QED) is 0.934. The zero-order valence-electron chi connectivity index (χ0n) is 10.6. The van der Waals surface area contributed by atoms with Gasteiger partial charge in [0.15, 0.2) is 5.65 Å². The number of hydrogen-bond acceptors (Lipinski definition) is 3. The van der Waals surface area contributed by atoms with Crippen LogP contribution in [0.15, 0.2) is 24.5 Å². The van der Waals surface area contributed by atoms with Crippen LogP contribution in [0.4, 0.5) is 13.2 Å². The smallest absolute Gasteiger partial charge is 0.323 e. The van der Waals surface area contributed by atoms with Gasteiger partial charge in [-0.15, -0.1) is 0 Å². The van der Waals surface area contributed by atoms with E-state index in [1.165, 1.54) is 4.52 Å². The van der Waals surface area contributed by atoms with Crippen molar-refractivity contribution in [1.82, 2.24) is 14.6 Å². The molecular weight excluding hydrogens is 257 g/mol. The molecule has 0 aliphatic rings. The molecule has 4 nitrogen and oxygen atoms in total. The summed E-state index contributed by atoms with van der Waals surface area (Å²) in [4.78, 5) is 4.19. The van der Waals surface area contributed by atoms with Crippen LogP contribution < -0.4 is 5.73 Å². The second kappa shape index (κ2) is 4.48. The van der Waals surface area contributed by atoms with Crippen LogP contribution in [0.3, 0.4) is 0 Å². The Hall–Kier alpha value is -1.63. The van der Waals surface area contributed by atoms with Crippen LogP contribution >= 0.6 is 0 Å². The Morgan fingerprint density at radius 3 is 2.63 bits per heavy atom. The molecule has 0 aliphatic heterocycles. The molecule has 0 saturated heterocycles. The molecule has 2 aromatic heterocycles. The molecule has 1 atom stereocenters. The first-order chi connectivity index (χ1) is 8.71. The normalized spacial score (nSPS) is 14.8. The van der Waals surface area contributed by atoms with Crippen LogP contribution in [0.1, 0.15) is 32.0 Å². The Balaban J connectivity index is 2.22. The van der Waals surface area contributed by atoms with Crippen molar-refractivity contribution in [3.05, 3.63) is 30.2 Å².